The van der Waals surface area contributed by atoms with Gasteiger partial charge in [0.15, 0.2) is 12.6 Å². The average molecular weight is 759 g/mol. The molecule has 0 radical (unpaired) electrons. The number of methoxy groups -OCH3 is 1. The molecule has 6 rings (SSSR count). The van der Waals surface area contributed by atoms with Crippen LogP contribution in [0.25, 0.3) is 0 Å². The second kappa shape index (κ2) is 20.0. The van der Waals surface area contributed by atoms with Crippen LogP contribution in [-0.4, -0.2) is 79.6 Å². The molecule has 0 aromatic heterocycles. The maximum atomic E-state index is 12.9. The highest BCUT2D eigenvalue weighted by molar-refractivity contribution is 5.72. The highest BCUT2D eigenvalue weighted by Gasteiger charge is 2.47. The van der Waals surface area contributed by atoms with Crippen LogP contribution in [0, 0.1) is 23.7 Å². The number of esters is 1. The largest absolute Gasteiger partial charge is 0.492 e. The van der Waals surface area contributed by atoms with Crippen molar-refractivity contribution in [2.45, 2.75) is 109 Å². The first-order chi connectivity index (χ1) is 26.7. The number of rotatable bonds is 19. The van der Waals surface area contributed by atoms with Gasteiger partial charge in [0, 0.05) is 24.7 Å². The summed E-state index contributed by atoms with van der Waals surface area (Å²) in [5.41, 5.74) is 3.86. The zero-order valence-corrected chi connectivity index (χ0v) is 32.5. The van der Waals surface area contributed by atoms with Crippen molar-refractivity contribution in [2.24, 2.45) is 23.7 Å². The molecule has 0 bridgehead atoms. The molecule has 0 amide bonds. The van der Waals surface area contributed by atoms with Gasteiger partial charge in [-0.1, -0.05) is 104 Å². The minimum Gasteiger partial charge on any atom is -0.492 e. The quantitative estimate of drug-likeness (QED) is 0.100. The SMILES string of the molecule is CC[C@@H]1CC(C(=O)OC)CC(OC2=C(C)C(O)C3OC[C@@H]3C2)C1O[C@@H](C)OC(O)C(OCc1ccccc1)[C@@H](COCc1ccccc1)Cc1ccccc1. The van der Waals surface area contributed by atoms with E-state index in [1.807, 2.05) is 85.8 Å². The molecule has 1 saturated carbocycles. The van der Waals surface area contributed by atoms with Crippen LogP contribution in [-0.2, 0) is 57.6 Å². The fourth-order valence-corrected chi connectivity index (χ4v) is 8.22. The first-order valence-electron chi connectivity index (χ1n) is 19.8. The summed E-state index contributed by atoms with van der Waals surface area (Å²) in [7, 11) is 1.41. The van der Waals surface area contributed by atoms with E-state index in [9.17, 15) is 15.0 Å². The lowest BCUT2D eigenvalue weighted by Crippen LogP contribution is -2.52. The fourth-order valence-electron chi connectivity index (χ4n) is 8.22. The molecule has 298 valence electrons. The summed E-state index contributed by atoms with van der Waals surface area (Å²) in [6.07, 6.45) is -2.00. The average Bonchev–Trinajstić information content (AvgIpc) is 3.19. The number of ether oxygens (including phenoxy) is 7. The summed E-state index contributed by atoms with van der Waals surface area (Å²) in [6, 6.07) is 30.0. The van der Waals surface area contributed by atoms with Crippen molar-refractivity contribution in [3.63, 3.8) is 0 Å². The van der Waals surface area contributed by atoms with Gasteiger partial charge in [0.2, 0.25) is 0 Å². The van der Waals surface area contributed by atoms with Crippen molar-refractivity contribution >= 4 is 5.97 Å². The molecular weight excluding hydrogens is 700 g/mol. The molecule has 3 aromatic rings. The molecule has 3 aromatic carbocycles. The third kappa shape index (κ3) is 10.8. The van der Waals surface area contributed by atoms with Crippen LogP contribution >= 0.6 is 0 Å². The lowest BCUT2D eigenvalue weighted by Gasteiger charge is -2.47. The Kier molecular flexibility index (Phi) is 14.9. The Morgan fingerprint density at radius 3 is 2.15 bits per heavy atom. The van der Waals surface area contributed by atoms with E-state index in [4.69, 9.17) is 33.2 Å². The molecule has 0 spiro atoms. The summed E-state index contributed by atoms with van der Waals surface area (Å²) in [4.78, 5) is 12.9. The molecule has 1 saturated heterocycles. The van der Waals surface area contributed by atoms with E-state index in [1.54, 1.807) is 6.92 Å². The van der Waals surface area contributed by atoms with Crippen LogP contribution in [0.2, 0.25) is 0 Å². The van der Waals surface area contributed by atoms with Gasteiger partial charge in [-0.15, -0.1) is 0 Å². The Balaban J connectivity index is 1.21. The van der Waals surface area contributed by atoms with Crippen LogP contribution < -0.4 is 0 Å². The first-order valence-corrected chi connectivity index (χ1v) is 19.8. The fraction of sp³-hybridized carbons (Fsp3) is 0.533. The summed E-state index contributed by atoms with van der Waals surface area (Å²) in [6.45, 7) is 7.30. The molecule has 1 heterocycles. The van der Waals surface area contributed by atoms with Crippen LogP contribution in [0.4, 0.5) is 0 Å². The number of hydrogen-bond acceptors (Lipinski definition) is 10. The molecule has 2 N–H and O–H groups in total. The Morgan fingerprint density at radius 2 is 1.55 bits per heavy atom. The van der Waals surface area contributed by atoms with E-state index in [0.29, 0.717) is 45.5 Å². The van der Waals surface area contributed by atoms with Gasteiger partial charge in [-0.25, -0.2) is 0 Å². The lowest BCUT2D eigenvalue weighted by atomic mass is 9.76. The summed E-state index contributed by atoms with van der Waals surface area (Å²) < 4.78 is 43.4. The van der Waals surface area contributed by atoms with Crippen molar-refractivity contribution in [1.29, 1.82) is 0 Å². The van der Waals surface area contributed by atoms with Crippen molar-refractivity contribution in [1.82, 2.24) is 0 Å². The van der Waals surface area contributed by atoms with Gasteiger partial charge in [-0.2, -0.15) is 0 Å². The predicted octanol–water partition coefficient (Wildman–Crippen LogP) is 6.76. The van der Waals surface area contributed by atoms with Gasteiger partial charge in [0.25, 0.3) is 0 Å². The minimum atomic E-state index is -1.37. The number of hydrogen-bond donors (Lipinski definition) is 2. The smallest absolute Gasteiger partial charge is 0.308 e. The van der Waals surface area contributed by atoms with Crippen molar-refractivity contribution in [2.75, 3.05) is 20.3 Å². The number of aliphatic hydroxyl groups is 2. The molecule has 7 unspecified atom stereocenters. The van der Waals surface area contributed by atoms with E-state index >= 15 is 0 Å². The monoisotopic (exact) mass is 758 g/mol. The number of aliphatic hydroxyl groups excluding tert-OH is 2. The lowest BCUT2D eigenvalue weighted by molar-refractivity contribution is -0.292. The second-order valence-electron chi connectivity index (χ2n) is 15.2. The molecule has 1 aliphatic heterocycles. The molecule has 2 aliphatic carbocycles. The summed E-state index contributed by atoms with van der Waals surface area (Å²) in [5, 5.41) is 22.9. The normalized spacial score (nSPS) is 27.3. The minimum absolute atomic E-state index is 0.0532. The maximum Gasteiger partial charge on any atom is 0.308 e. The molecule has 3 aliphatic rings. The van der Waals surface area contributed by atoms with Gasteiger partial charge in [-0.05, 0) is 54.9 Å². The molecule has 11 atom stereocenters. The Morgan fingerprint density at radius 1 is 0.909 bits per heavy atom. The molecule has 55 heavy (non-hydrogen) atoms. The van der Waals surface area contributed by atoms with Crippen LogP contribution in [0.15, 0.2) is 102 Å². The number of carbonyl (C=O) groups excluding carboxylic acids is 1. The zero-order chi connectivity index (χ0) is 38.7. The van der Waals surface area contributed by atoms with Crippen LogP contribution in [0.1, 0.15) is 63.1 Å². The van der Waals surface area contributed by atoms with Gasteiger partial charge in [-0.3, -0.25) is 4.79 Å². The highest BCUT2D eigenvalue weighted by Crippen LogP contribution is 2.43. The molecule has 10 heteroatoms. The van der Waals surface area contributed by atoms with Crippen LogP contribution in [0.3, 0.4) is 0 Å². The summed E-state index contributed by atoms with van der Waals surface area (Å²) in [5.74, 6) is -0.0637. The van der Waals surface area contributed by atoms with Crippen molar-refractivity contribution < 1.29 is 48.2 Å². The number of allylic oxidation sites excluding steroid dienone is 1. The molecule has 10 nitrogen and oxygen atoms in total. The van der Waals surface area contributed by atoms with Gasteiger partial charge >= 0.3 is 5.97 Å². The topological polar surface area (TPSA) is 122 Å². The molecular formula is C45H58O10. The maximum absolute atomic E-state index is 12.9. The predicted molar refractivity (Wildman–Crippen MR) is 206 cm³/mol. The Labute approximate surface area is 325 Å². The van der Waals surface area contributed by atoms with Crippen molar-refractivity contribution in [3.05, 3.63) is 119 Å². The van der Waals surface area contributed by atoms with E-state index in [0.717, 1.165) is 34.4 Å². The Bertz CT molecular complexity index is 1640. The Hall–Kier alpha value is -3.61. The first kappa shape index (κ1) is 41.0. The number of carbonyl (C=O) groups is 1. The number of fused-ring (bicyclic) bond motifs is 1. The van der Waals surface area contributed by atoms with E-state index in [1.165, 1.54) is 7.11 Å². The van der Waals surface area contributed by atoms with Gasteiger partial charge < -0.3 is 43.4 Å². The number of benzene rings is 3. The highest BCUT2D eigenvalue weighted by atomic mass is 16.7. The van der Waals surface area contributed by atoms with Gasteiger partial charge in [0.05, 0.1) is 51.3 Å². The zero-order valence-electron chi connectivity index (χ0n) is 32.5. The van der Waals surface area contributed by atoms with E-state index in [2.05, 4.69) is 19.1 Å². The van der Waals surface area contributed by atoms with E-state index in [-0.39, 0.29) is 42.4 Å². The third-order valence-corrected chi connectivity index (χ3v) is 11.4. The standard InChI is InChI=1S/C45H58O10/c1-5-34-22-35(44(47)49-4)23-39(55-38-24-37-28-52-42(37)40(46)29(38)2)41(34)53-30(3)54-45(48)43(51-26-33-19-13-8-14-20-33)36(21-31-15-9-6-10-16-31)27-50-25-32-17-11-7-12-18-32/h6-20,30,34-37,39-43,45-46,48H,5,21-28H2,1-4H3/t30-,34-,35?,36-,37+,39?,40?,41?,42?,43?,45?/m1/s1. The summed E-state index contributed by atoms with van der Waals surface area (Å²) >= 11 is 0. The molecule has 2 fully saturated rings. The van der Waals surface area contributed by atoms with Crippen molar-refractivity contribution in [3.8, 4) is 0 Å². The third-order valence-electron chi connectivity index (χ3n) is 11.4. The van der Waals surface area contributed by atoms with Crippen LogP contribution in [0.5, 0.6) is 0 Å². The van der Waals surface area contributed by atoms with E-state index < -0.39 is 37.0 Å². The second-order valence-corrected chi connectivity index (χ2v) is 15.2. The van der Waals surface area contributed by atoms with Gasteiger partial charge in [0.1, 0.15) is 24.4 Å².